The normalized spacial score (nSPS) is 10.3. The van der Waals surface area contributed by atoms with Crippen LogP contribution in [-0.2, 0) is 4.79 Å². The van der Waals surface area contributed by atoms with E-state index >= 15 is 0 Å². The maximum absolute atomic E-state index is 12.1. The monoisotopic (exact) mass is 430 g/mol. The third kappa shape index (κ3) is 7.22. The molecule has 1 amide bonds. The summed E-state index contributed by atoms with van der Waals surface area (Å²) in [6.07, 6.45) is 0. The number of amides is 1. The van der Waals surface area contributed by atoms with E-state index in [0.717, 1.165) is 5.75 Å². The smallest absolute Gasteiger partial charge is 0.243 e. The minimum absolute atomic E-state index is 0.0890. The van der Waals surface area contributed by atoms with Crippen molar-refractivity contribution in [1.82, 2.24) is 0 Å². The second kappa shape index (κ2) is 10.6. The summed E-state index contributed by atoms with van der Waals surface area (Å²) in [7, 11) is 0. The van der Waals surface area contributed by atoms with Crippen molar-refractivity contribution in [3.05, 3.63) is 82.8 Å². The van der Waals surface area contributed by atoms with Gasteiger partial charge in [-0.3, -0.25) is 4.79 Å². The molecule has 0 fully saturated rings. The molecule has 3 rings (SSSR count). The first kappa shape index (κ1) is 20.8. The molecule has 0 heterocycles. The lowest BCUT2D eigenvalue weighted by Gasteiger charge is -2.10. The molecule has 0 spiro atoms. The first-order chi connectivity index (χ1) is 14.1. The first-order valence-corrected chi connectivity index (χ1v) is 9.74. The van der Waals surface area contributed by atoms with Crippen LogP contribution in [0.1, 0.15) is 0 Å². The number of benzene rings is 3. The highest BCUT2D eigenvalue weighted by Gasteiger charge is 2.04. The van der Waals surface area contributed by atoms with Gasteiger partial charge in [0.25, 0.3) is 0 Å². The van der Waals surface area contributed by atoms with E-state index in [4.69, 9.17) is 32.7 Å². The molecule has 0 saturated carbocycles. The Morgan fingerprint density at radius 1 is 0.759 bits per heavy atom. The fraction of sp³-hybridized carbons (Fsp3) is 0.136. The summed E-state index contributed by atoms with van der Waals surface area (Å²) < 4.78 is 11.2. The van der Waals surface area contributed by atoms with Gasteiger partial charge >= 0.3 is 0 Å². The van der Waals surface area contributed by atoms with E-state index < -0.39 is 0 Å². The number of nitrogens with one attached hydrogen (secondary N) is 2. The number of carbonyl (C=O) groups is 1. The molecule has 0 unspecified atom stereocenters. The zero-order chi connectivity index (χ0) is 20.5. The average molecular weight is 431 g/mol. The number of halogens is 2. The number of carbonyl (C=O) groups excluding carboxylic acids is 1. The van der Waals surface area contributed by atoms with Gasteiger partial charge in [-0.1, -0.05) is 41.4 Å². The van der Waals surface area contributed by atoms with Gasteiger partial charge < -0.3 is 20.1 Å². The van der Waals surface area contributed by atoms with Gasteiger partial charge in [-0.2, -0.15) is 0 Å². The molecule has 0 aliphatic heterocycles. The standard InChI is InChI=1S/C22H20Cl2N2O3/c23-16-12-17(24)14-19(13-16)25-15-22(27)26-18-6-8-21(9-7-18)29-11-10-28-20-4-2-1-3-5-20/h1-9,12-14,25H,10-11,15H2,(H,26,27). The van der Waals surface area contributed by atoms with Gasteiger partial charge in [0, 0.05) is 21.4 Å². The fourth-order valence-corrected chi connectivity index (χ4v) is 3.04. The summed E-state index contributed by atoms with van der Waals surface area (Å²) in [6.45, 7) is 0.958. The van der Waals surface area contributed by atoms with Crippen molar-refractivity contribution < 1.29 is 14.3 Å². The number of rotatable bonds is 9. The van der Waals surface area contributed by atoms with Crippen molar-refractivity contribution in [3.63, 3.8) is 0 Å². The number of anilines is 2. The van der Waals surface area contributed by atoms with Crippen LogP contribution < -0.4 is 20.1 Å². The maximum Gasteiger partial charge on any atom is 0.243 e. The molecule has 0 aliphatic rings. The van der Waals surface area contributed by atoms with E-state index in [0.29, 0.717) is 40.4 Å². The molecule has 0 aliphatic carbocycles. The first-order valence-electron chi connectivity index (χ1n) is 8.99. The van der Waals surface area contributed by atoms with E-state index in [1.807, 2.05) is 30.3 Å². The minimum atomic E-state index is -0.189. The lowest BCUT2D eigenvalue weighted by Crippen LogP contribution is -2.21. The van der Waals surface area contributed by atoms with Gasteiger partial charge in [0.05, 0.1) is 6.54 Å². The van der Waals surface area contributed by atoms with Gasteiger partial charge in [0.15, 0.2) is 0 Å². The van der Waals surface area contributed by atoms with Crippen LogP contribution in [0.4, 0.5) is 11.4 Å². The molecule has 3 aromatic carbocycles. The van der Waals surface area contributed by atoms with E-state index in [9.17, 15) is 4.79 Å². The van der Waals surface area contributed by atoms with Crippen LogP contribution in [0, 0.1) is 0 Å². The molecule has 0 aromatic heterocycles. The third-order valence-electron chi connectivity index (χ3n) is 3.82. The third-order valence-corrected chi connectivity index (χ3v) is 4.25. The van der Waals surface area contributed by atoms with Crippen LogP contribution in [-0.4, -0.2) is 25.7 Å². The molecular weight excluding hydrogens is 411 g/mol. The number of hydrogen-bond donors (Lipinski definition) is 2. The molecule has 7 heteroatoms. The molecule has 5 nitrogen and oxygen atoms in total. The Morgan fingerprint density at radius 2 is 1.34 bits per heavy atom. The molecule has 0 atom stereocenters. The van der Waals surface area contributed by atoms with Gasteiger partial charge in [-0.05, 0) is 54.6 Å². The quantitative estimate of drug-likeness (QED) is 0.439. The Morgan fingerprint density at radius 3 is 1.97 bits per heavy atom. The maximum atomic E-state index is 12.1. The van der Waals surface area contributed by atoms with E-state index in [1.165, 1.54) is 0 Å². The van der Waals surface area contributed by atoms with E-state index in [-0.39, 0.29) is 12.5 Å². The number of para-hydroxylation sites is 1. The number of hydrogen-bond acceptors (Lipinski definition) is 4. The van der Waals surface area contributed by atoms with Crippen LogP contribution in [0.2, 0.25) is 10.0 Å². The lowest BCUT2D eigenvalue weighted by atomic mass is 10.3. The Balaban J connectivity index is 1.39. The van der Waals surface area contributed by atoms with Crippen LogP contribution in [0.5, 0.6) is 11.5 Å². The molecule has 0 saturated heterocycles. The summed E-state index contributed by atoms with van der Waals surface area (Å²) in [5.41, 5.74) is 1.35. The summed E-state index contributed by atoms with van der Waals surface area (Å²) in [4.78, 5) is 12.1. The summed E-state index contributed by atoms with van der Waals surface area (Å²) in [5.74, 6) is 1.32. The van der Waals surface area contributed by atoms with Gasteiger partial charge in [-0.15, -0.1) is 0 Å². The second-order valence-electron chi connectivity index (χ2n) is 6.09. The highest BCUT2D eigenvalue weighted by molar-refractivity contribution is 6.35. The minimum Gasteiger partial charge on any atom is -0.490 e. The zero-order valence-electron chi connectivity index (χ0n) is 15.5. The molecular formula is C22H20Cl2N2O3. The predicted octanol–water partition coefficient (Wildman–Crippen LogP) is 5.50. The Bertz CT molecular complexity index is 914. The Kier molecular flexibility index (Phi) is 7.61. The van der Waals surface area contributed by atoms with Gasteiger partial charge in [0.2, 0.25) is 5.91 Å². The van der Waals surface area contributed by atoms with Crippen molar-refractivity contribution in [2.45, 2.75) is 0 Å². The van der Waals surface area contributed by atoms with E-state index in [1.54, 1.807) is 42.5 Å². The fourth-order valence-electron chi connectivity index (χ4n) is 2.51. The van der Waals surface area contributed by atoms with Crippen molar-refractivity contribution in [1.29, 1.82) is 0 Å². The Hall–Kier alpha value is -2.89. The largest absolute Gasteiger partial charge is 0.490 e. The van der Waals surface area contributed by atoms with Crippen molar-refractivity contribution >= 4 is 40.5 Å². The zero-order valence-corrected chi connectivity index (χ0v) is 17.0. The number of ether oxygens (including phenoxy) is 2. The molecule has 0 radical (unpaired) electrons. The van der Waals surface area contributed by atoms with E-state index in [2.05, 4.69) is 10.6 Å². The van der Waals surface area contributed by atoms with Crippen LogP contribution in [0.25, 0.3) is 0 Å². The second-order valence-corrected chi connectivity index (χ2v) is 6.97. The van der Waals surface area contributed by atoms with Gasteiger partial charge in [-0.25, -0.2) is 0 Å². The van der Waals surface area contributed by atoms with Gasteiger partial charge in [0.1, 0.15) is 24.7 Å². The van der Waals surface area contributed by atoms with Crippen LogP contribution in [0.3, 0.4) is 0 Å². The molecule has 150 valence electrons. The molecule has 29 heavy (non-hydrogen) atoms. The van der Waals surface area contributed by atoms with Crippen molar-refractivity contribution in [3.8, 4) is 11.5 Å². The highest BCUT2D eigenvalue weighted by atomic mass is 35.5. The Labute approximate surface area is 179 Å². The van der Waals surface area contributed by atoms with Crippen LogP contribution >= 0.6 is 23.2 Å². The summed E-state index contributed by atoms with van der Waals surface area (Å²) in [6, 6.07) is 21.8. The topological polar surface area (TPSA) is 59.6 Å². The SMILES string of the molecule is O=C(CNc1cc(Cl)cc(Cl)c1)Nc1ccc(OCCOc2ccccc2)cc1. The molecule has 0 bridgehead atoms. The predicted molar refractivity (Wildman–Crippen MR) is 117 cm³/mol. The summed E-state index contributed by atoms with van der Waals surface area (Å²) in [5, 5.41) is 6.81. The van der Waals surface area contributed by atoms with Crippen molar-refractivity contribution in [2.75, 3.05) is 30.4 Å². The lowest BCUT2D eigenvalue weighted by molar-refractivity contribution is -0.114. The molecule has 3 aromatic rings. The van der Waals surface area contributed by atoms with Crippen molar-refractivity contribution in [2.24, 2.45) is 0 Å². The van der Waals surface area contributed by atoms with Crippen LogP contribution in [0.15, 0.2) is 72.8 Å². The summed E-state index contributed by atoms with van der Waals surface area (Å²) >= 11 is 11.9. The highest BCUT2D eigenvalue weighted by Crippen LogP contribution is 2.22. The average Bonchev–Trinajstić information content (AvgIpc) is 2.71. The molecule has 2 N–H and O–H groups in total.